The van der Waals surface area contributed by atoms with Crippen molar-refractivity contribution in [3.63, 3.8) is 0 Å². The zero-order valence-corrected chi connectivity index (χ0v) is 11.6. The molecule has 108 valence electrons. The first-order valence-electron chi connectivity index (χ1n) is 6.39. The molecule has 21 heavy (non-hydrogen) atoms. The predicted octanol–water partition coefficient (Wildman–Crippen LogP) is 4.70. The molecule has 1 heterocycles. The Labute approximate surface area is 125 Å². The van der Waals surface area contributed by atoms with Crippen molar-refractivity contribution in [3.05, 3.63) is 60.2 Å². The standard InChI is InChI=1S/C16H12ClF2NO/c17-16(18,19)15(21)13-11-8-4-5-9-12(11)20-14(13)10-6-2-1-3-7-10/h1-9,15,20-21H/t15-/m0/s1. The Hall–Kier alpha value is -1.91. The molecule has 2 aromatic carbocycles. The number of aliphatic hydroxyl groups excluding tert-OH is 1. The molecule has 2 N–H and O–H groups in total. The van der Waals surface area contributed by atoms with Gasteiger partial charge in [-0.2, -0.15) is 8.78 Å². The SMILES string of the molecule is O[C@@H](c1c(-c2ccccc2)[nH]c2ccccc12)C(F)(F)Cl. The van der Waals surface area contributed by atoms with Crippen LogP contribution >= 0.6 is 11.6 Å². The number of H-pyrrole nitrogens is 1. The third-order valence-electron chi connectivity index (χ3n) is 3.39. The van der Waals surface area contributed by atoms with Crippen LogP contribution in [0.4, 0.5) is 8.78 Å². The van der Waals surface area contributed by atoms with Crippen LogP contribution in [-0.4, -0.2) is 15.5 Å². The van der Waals surface area contributed by atoms with Gasteiger partial charge in [0.25, 0.3) is 0 Å². The van der Waals surface area contributed by atoms with E-state index in [4.69, 9.17) is 11.6 Å². The number of benzene rings is 2. The Bertz CT molecular complexity index is 765. The second kappa shape index (κ2) is 5.13. The highest BCUT2D eigenvalue weighted by Gasteiger charge is 2.40. The van der Waals surface area contributed by atoms with Crippen molar-refractivity contribution in [1.29, 1.82) is 0 Å². The highest BCUT2D eigenvalue weighted by atomic mass is 35.5. The highest BCUT2D eigenvalue weighted by Crippen LogP contribution is 2.42. The molecule has 0 unspecified atom stereocenters. The Morgan fingerprint density at radius 2 is 1.62 bits per heavy atom. The van der Waals surface area contributed by atoms with Crippen LogP contribution in [0.5, 0.6) is 0 Å². The molecule has 5 heteroatoms. The number of hydrogen-bond donors (Lipinski definition) is 2. The first kappa shape index (κ1) is 14.0. The molecular formula is C16H12ClF2NO. The lowest BCUT2D eigenvalue weighted by molar-refractivity contribution is -0.0414. The van der Waals surface area contributed by atoms with Crippen LogP contribution in [0.3, 0.4) is 0 Å². The number of rotatable bonds is 3. The predicted molar refractivity (Wildman–Crippen MR) is 79.5 cm³/mol. The number of para-hydroxylation sites is 1. The van der Waals surface area contributed by atoms with Gasteiger partial charge in [-0.1, -0.05) is 48.5 Å². The number of nitrogens with one attached hydrogen (secondary N) is 1. The van der Waals surface area contributed by atoms with Crippen LogP contribution in [0.1, 0.15) is 11.7 Å². The number of aromatic amines is 1. The van der Waals surface area contributed by atoms with Crippen molar-refractivity contribution in [1.82, 2.24) is 4.98 Å². The zero-order valence-electron chi connectivity index (χ0n) is 10.9. The Morgan fingerprint density at radius 1 is 1.00 bits per heavy atom. The largest absolute Gasteiger partial charge is 0.381 e. The van der Waals surface area contributed by atoms with Crippen LogP contribution in [0.25, 0.3) is 22.2 Å². The number of fused-ring (bicyclic) bond motifs is 1. The smallest absolute Gasteiger partial charge is 0.351 e. The van der Waals surface area contributed by atoms with E-state index in [9.17, 15) is 13.9 Å². The zero-order chi connectivity index (χ0) is 15.0. The van der Waals surface area contributed by atoms with Crippen molar-refractivity contribution in [2.75, 3.05) is 0 Å². The second-order valence-electron chi connectivity index (χ2n) is 4.77. The lowest BCUT2D eigenvalue weighted by Gasteiger charge is -2.17. The van der Waals surface area contributed by atoms with Gasteiger partial charge in [0.2, 0.25) is 0 Å². The highest BCUT2D eigenvalue weighted by molar-refractivity contribution is 6.22. The van der Waals surface area contributed by atoms with E-state index >= 15 is 0 Å². The maximum atomic E-state index is 13.4. The normalized spacial score (nSPS) is 13.5. The molecule has 3 aromatic rings. The fourth-order valence-corrected chi connectivity index (χ4v) is 2.55. The van der Waals surface area contributed by atoms with E-state index in [0.29, 0.717) is 22.2 Å². The topological polar surface area (TPSA) is 36.0 Å². The van der Waals surface area contributed by atoms with Gasteiger partial charge in [-0.25, -0.2) is 0 Å². The van der Waals surface area contributed by atoms with Crippen LogP contribution in [0.15, 0.2) is 54.6 Å². The quantitative estimate of drug-likeness (QED) is 0.676. The molecule has 0 saturated heterocycles. The van der Waals surface area contributed by atoms with E-state index in [0.717, 1.165) is 0 Å². The van der Waals surface area contributed by atoms with Crippen LogP contribution in [0.2, 0.25) is 0 Å². The maximum absolute atomic E-state index is 13.4. The molecule has 0 saturated carbocycles. The second-order valence-corrected chi connectivity index (χ2v) is 5.27. The number of aromatic nitrogens is 1. The van der Waals surface area contributed by atoms with Gasteiger partial charge in [0.1, 0.15) is 0 Å². The molecular weight excluding hydrogens is 296 g/mol. The van der Waals surface area contributed by atoms with Crippen molar-refractivity contribution < 1.29 is 13.9 Å². The summed E-state index contributed by atoms with van der Waals surface area (Å²) in [6, 6.07) is 16.0. The maximum Gasteiger partial charge on any atom is 0.351 e. The van der Waals surface area contributed by atoms with Crippen LogP contribution < -0.4 is 0 Å². The number of hydrogen-bond acceptors (Lipinski definition) is 1. The lowest BCUT2D eigenvalue weighted by atomic mass is 10.0. The lowest BCUT2D eigenvalue weighted by Crippen LogP contribution is -2.19. The molecule has 0 aliphatic rings. The molecule has 1 aromatic heterocycles. The van der Waals surface area contributed by atoms with Gasteiger partial charge in [0.05, 0.1) is 5.69 Å². The molecule has 1 atom stereocenters. The summed E-state index contributed by atoms with van der Waals surface area (Å²) < 4.78 is 26.8. The van der Waals surface area contributed by atoms with Crippen molar-refractivity contribution >= 4 is 22.5 Å². The number of halogens is 3. The first-order chi connectivity index (χ1) is 9.98. The Kier molecular flexibility index (Phi) is 3.43. The molecule has 2 nitrogen and oxygen atoms in total. The molecule has 3 rings (SSSR count). The Morgan fingerprint density at radius 3 is 2.29 bits per heavy atom. The third kappa shape index (κ3) is 2.52. The molecule has 0 aliphatic carbocycles. The summed E-state index contributed by atoms with van der Waals surface area (Å²) in [6.45, 7) is 0. The van der Waals surface area contributed by atoms with E-state index in [-0.39, 0.29) is 5.56 Å². The van der Waals surface area contributed by atoms with Gasteiger partial charge >= 0.3 is 5.38 Å². The summed E-state index contributed by atoms with van der Waals surface area (Å²) in [5, 5.41) is 6.77. The molecule has 0 amide bonds. The summed E-state index contributed by atoms with van der Waals surface area (Å²) in [4.78, 5) is 3.08. The van der Waals surface area contributed by atoms with Crippen LogP contribution in [0, 0.1) is 0 Å². The van der Waals surface area contributed by atoms with Gasteiger partial charge in [-0.05, 0) is 23.2 Å². The monoisotopic (exact) mass is 307 g/mol. The minimum absolute atomic E-state index is 0.108. The number of aliphatic hydroxyl groups is 1. The van der Waals surface area contributed by atoms with Crippen LogP contribution in [-0.2, 0) is 0 Å². The van der Waals surface area contributed by atoms with Gasteiger partial charge in [-0.15, -0.1) is 0 Å². The van der Waals surface area contributed by atoms with E-state index in [1.807, 2.05) is 6.07 Å². The van der Waals surface area contributed by atoms with Crippen molar-refractivity contribution in [3.8, 4) is 11.3 Å². The first-order valence-corrected chi connectivity index (χ1v) is 6.77. The van der Waals surface area contributed by atoms with E-state index in [2.05, 4.69) is 4.98 Å². The molecule has 0 aliphatic heterocycles. The van der Waals surface area contributed by atoms with Crippen molar-refractivity contribution in [2.24, 2.45) is 0 Å². The van der Waals surface area contributed by atoms with Gasteiger partial charge in [0.15, 0.2) is 6.10 Å². The molecule has 0 spiro atoms. The summed E-state index contributed by atoms with van der Waals surface area (Å²) in [6.07, 6.45) is -2.09. The van der Waals surface area contributed by atoms with E-state index in [1.165, 1.54) is 0 Å². The third-order valence-corrected chi connectivity index (χ3v) is 3.60. The Balaban J connectivity index is 2.29. The summed E-state index contributed by atoms with van der Waals surface area (Å²) >= 11 is 5.04. The summed E-state index contributed by atoms with van der Waals surface area (Å²) in [5.74, 6) is 0. The average Bonchev–Trinajstić information content (AvgIpc) is 2.85. The fourth-order valence-electron chi connectivity index (χ4n) is 2.44. The molecule has 0 bridgehead atoms. The average molecular weight is 308 g/mol. The number of alkyl halides is 3. The fraction of sp³-hybridized carbons (Fsp3) is 0.125. The van der Waals surface area contributed by atoms with Gasteiger partial charge in [-0.3, -0.25) is 0 Å². The molecule has 0 fully saturated rings. The van der Waals surface area contributed by atoms with Gasteiger partial charge < -0.3 is 10.1 Å². The van der Waals surface area contributed by atoms with Crippen molar-refractivity contribution in [2.45, 2.75) is 11.5 Å². The summed E-state index contributed by atoms with van der Waals surface area (Å²) in [5.41, 5.74) is 1.94. The molecule has 0 radical (unpaired) electrons. The van der Waals surface area contributed by atoms with E-state index < -0.39 is 11.5 Å². The summed E-state index contributed by atoms with van der Waals surface area (Å²) in [7, 11) is 0. The minimum Gasteiger partial charge on any atom is -0.381 e. The van der Waals surface area contributed by atoms with E-state index in [1.54, 1.807) is 48.5 Å². The van der Waals surface area contributed by atoms with Gasteiger partial charge in [0, 0.05) is 16.5 Å². The minimum atomic E-state index is -3.74.